The molecule has 0 aromatic heterocycles. The van der Waals surface area contributed by atoms with Crippen LogP contribution in [-0.2, 0) is 4.74 Å². The van der Waals surface area contributed by atoms with Crippen LogP contribution in [0, 0.1) is 5.41 Å². The van der Waals surface area contributed by atoms with Crippen LogP contribution in [0.4, 0.5) is 0 Å². The quantitative estimate of drug-likeness (QED) is 0.539. The Kier molecular flexibility index (Phi) is 9.24. The molecule has 0 saturated carbocycles. The van der Waals surface area contributed by atoms with Crippen molar-refractivity contribution in [2.45, 2.75) is 20.8 Å². The van der Waals surface area contributed by atoms with Gasteiger partial charge in [-0.1, -0.05) is 32.9 Å². The van der Waals surface area contributed by atoms with Crippen LogP contribution in [0.2, 0.25) is 0 Å². The van der Waals surface area contributed by atoms with Gasteiger partial charge in [0.15, 0.2) is 0 Å². The van der Waals surface area contributed by atoms with Gasteiger partial charge in [0.05, 0.1) is 26.9 Å². The van der Waals surface area contributed by atoms with E-state index < -0.39 is 7.12 Å². The van der Waals surface area contributed by atoms with Crippen molar-refractivity contribution in [2.75, 3.05) is 26.9 Å². The molecule has 0 spiro atoms. The van der Waals surface area contributed by atoms with Gasteiger partial charge < -0.3 is 24.6 Å². The molecule has 0 radical (unpaired) electrons. The van der Waals surface area contributed by atoms with Crippen LogP contribution in [-0.4, -0.2) is 49.2 Å². The molecule has 0 aliphatic heterocycles. The predicted octanol–water partition coefficient (Wildman–Crippen LogP) is 0.416. The molecule has 0 atom stereocenters. The Morgan fingerprint density at radius 3 is 2.30 bits per heavy atom. The van der Waals surface area contributed by atoms with Crippen LogP contribution >= 0.6 is 0 Å². The average molecular weight is 284 g/mol. The second kappa shape index (κ2) is 9.77. The lowest BCUT2D eigenvalue weighted by molar-refractivity contribution is 0.0464. The van der Waals surface area contributed by atoms with Crippen molar-refractivity contribution < 1.29 is 24.6 Å². The molecule has 0 aliphatic carbocycles. The van der Waals surface area contributed by atoms with Gasteiger partial charge in [-0.2, -0.15) is 0 Å². The van der Waals surface area contributed by atoms with Gasteiger partial charge in [-0.25, -0.2) is 0 Å². The van der Waals surface area contributed by atoms with E-state index in [0.29, 0.717) is 24.4 Å². The van der Waals surface area contributed by atoms with Crippen molar-refractivity contribution in [1.82, 2.24) is 0 Å². The third-order valence-corrected chi connectivity index (χ3v) is 2.16. The predicted molar refractivity (Wildman–Crippen MR) is 80.2 cm³/mol. The second-order valence-electron chi connectivity index (χ2n) is 5.49. The zero-order chi connectivity index (χ0) is 15.6. The Morgan fingerprint density at radius 1 is 1.20 bits per heavy atom. The molecule has 1 aromatic carbocycles. The molecule has 0 fully saturated rings. The highest BCUT2D eigenvalue weighted by molar-refractivity contribution is 6.58. The molecule has 0 bridgehead atoms. The summed E-state index contributed by atoms with van der Waals surface area (Å²) < 4.78 is 9.98. The highest BCUT2D eigenvalue weighted by atomic mass is 16.5. The van der Waals surface area contributed by atoms with Gasteiger partial charge in [-0.05, 0) is 23.0 Å². The number of rotatable bonds is 5. The molecule has 20 heavy (non-hydrogen) atoms. The van der Waals surface area contributed by atoms with Gasteiger partial charge >= 0.3 is 7.12 Å². The van der Waals surface area contributed by atoms with Gasteiger partial charge in [0.25, 0.3) is 0 Å². The fourth-order valence-corrected chi connectivity index (χ4v) is 1.25. The molecule has 5 nitrogen and oxygen atoms in total. The number of hydrogen-bond acceptors (Lipinski definition) is 5. The Morgan fingerprint density at radius 2 is 1.85 bits per heavy atom. The molecule has 0 saturated heterocycles. The van der Waals surface area contributed by atoms with Gasteiger partial charge in [-0.3, -0.25) is 0 Å². The van der Waals surface area contributed by atoms with E-state index in [2.05, 4.69) is 20.8 Å². The lowest BCUT2D eigenvalue weighted by Gasteiger charge is -2.17. The summed E-state index contributed by atoms with van der Waals surface area (Å²) in [6.07, 6.45) is 0. The monoisotopic (exact) mass is 284 g/mol. The van der Waals surface area contributed by atoms with E-state index in [1.54, 1.807) is 24.3 Å². The maximum absolute atomic E-state index is 8.74. The molecule has 0 heterocycles. The Balaban J connectivity index is 0.000000370. The first-order valence-electron chi connectivity index (χ1n) is 6.49. The molecule has 6 heteroatoms. The summed E-state index contributed by atoms with van der Waals surface area (Å²) in [4.78, 5) is 0. The largest absolute Gasteiger partial charge is 0.497 e. The maximum Gasteiger partial charge on any atom is 0.488 e. The van der Waals surface area contributed by atoms with E-state index in [4.69, 9.17) is 24.6 Å². The fourth-order valence-electron chi connectivity index (χ4n) is 1.25. The standard InChI is InChI=1S/C7H9BO3.C7H16O2/c1-11-7-4-2-3-6(5-7)8(9)10;1-7(2,3)6-9-5-4-8/h2-5,9-10H,1H3;8H,4-6H2,1-3H3. The topological polar surface area (TPSA) is 79.2 Å². The van der Waals surface area contributed by atoms with Crippen molar-refractivity contribution in [1.29, 1.82) is 0 Å². The van der Waals surface area contributed by atoms with Crippen LogP contribution in [0.3, 0.4) is 0 Å². The second-order valence-corrected chi connectivity index (χ2v) is 5.49. The first-order valence-corrected chi connectivity index (χ1v) is 6.49. The molecule has 0 aliphatic rings. The van der Waals surface area contributed by atoms with E-state index in [0.717, 1.165) is 0 Å². The smallest absolute Gasteiger partial charge is 0.488 e. The lowest BCUT2D eigenvalue weighted by atomic mass is 9.80. The zero-order valence-corrected chi connectivity index (χ0v) is 12.7. The molecule has 114 valence electrons. The Hall–Kier alpha value is -1.08. The number of ether oxygens (including phenoxy) is 2. The fraction of sp³-hybridized carbons (Fsp3) is 0.571. The number of benzene rings is 1. The maximum atomic E-state index is 8.74. The van der Waals surface area contributed by atoms with E-state index in [9.17, 15) is 0 Å². The van der Waals surface area contributed by atoms with Crippen molar-refractivity contribution in [2.24, 2.45) is 5.41 Å². The summed E-state index contributed by atoms with van der Waals surface area (Å²) in [5, 5.41) is 25.8. The van der Waals surface area contributed by atoms with Gasteiger partial charge in [0.2, 0.25) is 0 Å². The third kappa shape index (κ3) is 9.80. The normalized spacial score (nSPS) is 10.6. The Bertz CT molecular complexity index is 363. The van der Waals surface area contributed by atoms with Crippen molar-refractivity contribution >= 4 is 12.6 Å². The van der Waals surface area contributed by atoms with Crippen molar-refractivity contribution in [3.8, 4) is 5.75 Å². The van der Waals surface area contributed by atoms with Gasteiger partial charge in [0, 0.05) is 0 Å². The van der Waals surface area contributed by atoms with Crippen LogP contribution in [0.5, 0.6) is 5.75 Å². The molecular weight excluding hydrogens is 259 g/mol. The lowest BCUT2D eigenvalue weighted by Crippen LogP contribution is -2.29. The zero-order valence-electron chi connectivity index (χ0n) is 12.7. The third-order valence-electron chi connectivity index (χ3n) is 2.16. The summed E-state index contributed by atoms with van der Waals surface area (Å²) >= 11 is 0. The van der Waals surface area contributed by atoms with E-state index >= 15 is 0 Å². The minimum atomic E-state index is -1.43. The van der Waals surface area contributed by atoms with Gasteiger partial charge in [0.1, 0.15) is 5.75 Å². The molecular formula is C14H25BO5. The summed E-state index contributed by atoms with van der Waals surface area (Å²) in [5.74, 6) is 0.621. The molecule has 0 amide bonds. The average Bonchev–Trinajstić information content (AvgIpc) is 2.38. The molecule has 3 N–H and O–H groups in total. The molecule has 1 rings (SSSR count). The first-order chi connectivity index (χ1) is 9.30. The minimum absolute atomic E-state index is 0.121. The highest BCUT2D eigenvalue weighted by Gasteiger charge is 2.10. The summed E-state index contributed by atoms with van der Waals surface area (Å²) in [6.45, 7) is 7.60. The van der Waals surface area contributed by atoms with E-state index in [-0.39, 0.29) is 12.0 Å². The molecule has 0 unspecified atom stereocenters. The highest BCUT2D eigenvalue weighted by Crippen LogP contribution is 2.12. The number of methoxy groups -OCH3 is 1. The Labute approximate surface area is 121 Å². The summed E-state index contributed by atoms with van der Waals surface area (Å²) in [6, 6.07) is 6.64. The van der Waals surface area contributed by atoms with Crippen molar-refractivity contribution in [3.05, 3.63) is 24.3 Å². The SMILES string of the molecule is CC(C)(C)COCCO.COc1cccc(B(O)O)c1. The van der Waals surface area contributed by atoms with Crippen LogP contribution in [0.25, 0.3) is 0 Å². The summed E-state index contributed by atoms with van der Waals surface area (Å²) in [5.41, 5.74) is 0.652. The summed E-state index contributed by atoms with van der Waals surface area (Å²) in [7, 11) is 0.105. The minimum Gasteiger partial charge on any atom is -0.497 e. The van der Waals surface area contributed by atoms with Crippen LogP contribution < -0.4 is 10.2 Å². The number of hydrogen-bond donors (Lipinski definition) is 3. The number of aliphatic hydroxyl groups excluding tert-OH is 1. The first kappa shape index (κ1) is 18.9. The van der Waals surface area contributed by atoms with E-state index in [1.807, 2.05) is 0 Å². The van der Waals surface area contributed by atoms with Gasteiger partial charge in [-0.15, -0.1) is 0 Å². The van der Waals surface area contributed by atoms with Crippen LogP contribution in [0.15, 0.2) is 24.3 Å². The molecule has 1 aromatic rings. The van der Waals surface area contributed by atoms with E-state index in [1.165, 1.54) is 7.11 Å². The van der Waals surface area contributed by atoms with Crippen molar-refractivity contribution in [3.63, 3.8) is 0 Å². The van der Waals surface area contributed by atoms with Crippen LogP contribution in [0.1, 0.15) is 20.8 Å². The number of aliphatic hydroxyl groups is 1.